The molecule has 1 aliphatic rings. The Bertz CT molecular complexity index is 344. The van der Waals surface area contributed by atoms with Crippen LogP contribution in [0.1, 0.15) is 50.5 Å². The van der Waals surface area contributed by atoms with Crippen molar-refractivity contribution >= 4 is 11.8 Å². The molecule has 0 amide bonds. The summed E-state index contributed by atoms with van der Waals surface area (Å²) >= 11 is 1.97. The lowest BCUT2D eigenvalue weighted by Crippen LogP contribution is -2.34. The van der Waals surface area contributed by atoms with Gasteiger partial charge in [0.15, 0.2) is 0 Å². The van der Waals surface area contributed by atoms with Crippen LogP contribution in [0.15, 0.2) is 30.3 Å². The summed E-state index contributed by atoms with van der Waals surface area (Å²) in [6, 6.07) is 11.8. The molecule has 1 nitrogen and oxygen atoms in total. The van der Waals surface area contributed by atoms with Crippen LogP contribution in [0, 0.1) is 0 Å². The highest BCUT2D eigenvalue weighted by atomic mass is 32.2. The van der Waals surface area contributed by atoms with E-state index in [1.807, 2.05) is 11.8 Å². The van der Waals surface area contributed by atoms with Crippen LogP contribution in [0.25, 0.3) is 0 Å². The first-order valence-corrected chi connectivity index (χ1v) is 8.89. The molecule has 1 atom stereocenters. The number of thioether (sulfide) groups is 1. The third-order valence-electron chi connectivity index (χ3n) is 4.38. The molecule has 1 fully saturated rings. The fraction of sp³-hybridized carbons (Fsp3) is 0.647. The van der Waals surface area contributed by atoms with E-state index in [1.165, 1.54) is 44.2 Å². The Morgan fingerprint density at radius 3 is 2.47 bits per heavy atom. The molecule has 0 aliphatic heterocycles. The molecule has 0 spiro atoms. The average molecular weight is 277 g/mol. The summed E-state index contributed by atoms with van der Waals surface area (Å²) < 4.78 is 0. The second-order valence-electron chi connectivity index (χ2n) is 5.75. The Labute approximate surface area is 122 Å². The van der Waals surface area contributed by atoms with Gasteiger partial charge in [0.05, 0.1) is 0 Å². The summed E-state index contributed by atoms with van der Waals surface area (Å²) in [6.45, 7) is 3.50. The van der Waals surface area contributed by atoms with Crippen molar-refractivity contribution in [2.75, 3.05) is 12.8 Å². The molecule has 1 aromatic rings. The van der Waals surface area contributed by atoms with E-state index in [0.29, 0.717) is 0 Å². The van der Waals surface area contributed by atoms with E-state index in [0.717, 1.165) is 17.2 Å². The summed E-state index contributed by atoms with van der Waals surface area (Å²) in [7, 11) is 0. The fourth-order valence-corrected chi connectivity index (χ4v) is 3.32. The Kier molecular flexibility index (Phi) is 6.25. The molecule has 2 rings (SSSR count). The minimum Gasteiger partial charge on any atom is -0.314 e. The normalized spacial score (nSPS) is 25.2. The minimum atomic E-state index is 0.758. The quantitative estimate of drug-likeness (QED) is 0.825. The van der Waals surface area contributed by atoms with E-state index in [4.69, 9.17) is 0 Å². The SMILES string of the molecule is CSC(C)CCNC1CCC(c2ccccc2)CC1. The van der Waals surface area contributed by atoms with E-state index in [-0.39, 0.29) is 0 Å². The Balaban J connectivity index is 1.68. The molecule has 1 aliphatic carbocycles. The van der Waals surface area contributed by atoms with Crippen LogP contribution in [0.2, 0.25) is 0 Å². The molecule has 19 heavy (non-hydrogen) atoms. The molecular formula is C17H27NS. The van der Waals surface area contributed by atoms with Crippen molar-refractivity contribution in [3.8, 4) is 0 Å². The van der Waals surface area contributed by atoms with Gasteiger partial charge in [0.1, 0.15) is 0 Å². The lowest BCUT2D eigenvalue weighted by molar-refractivity contribution is 0.342. The number of hydrogen-bond acceptors (Lipinski definition) is 2. The molecule has 1 saturated carbocycles. The molecule has 0 aromatic heterocycles. The third-order valence-corrected chi connectivity index (χ3v) is 5.42. The maximum atomic E-state index is 3.75. The van der Waals surface area contributed by atoms with E-state index in [9.17, 15) is 0 Å². The minimum absolute atomic E-state index is 0.758. The topological polar surface area (TPSA) is 12.0 Å². The van der Waals surface area contributed by atoms with Gasteiger partial charge < -0.3 is 5.32 Å². The predicted octanol–water partition coefficient (Wildman–Crippen LogP) is 4.44. The number of hydrogen-bond donors (Lipinski definition) is 1. The van der Waals surface area contributed by atoms with E-state index < -0.39 is 0 Å². The molecule has 0 radical (unpaired) electrons. The first-order valence-electron chi connectivity index (χ1n) is 7.60. The Morgan fingerprint density at radius 1 is 1.16 bits per heavy atom. The number of rotatable bonds is 6. The Morgan fingerprint density at radius 2 is 1.84 bits per heavy atom. The molecule has 1 aromatic carbocycles. The summed E-state index contributed by atoms with van der Waals surface area (Å²) in [4.78, 5) is 0. The van der Waals surface area contributed by atoms with Crippen molar-refractivity contribution in [3.05, 3.63) is 35.9 Å². The molecular weight excluding hydrogens is 250 g/mol. The van der Waals surface area contributed by atoms with Gasteiger partial charge in [-0.15, -0.1) is 0 Å². The van der Waals surface area contributed by atoms with Gasteiger partial charge in [-0.3, -0.25) is 0 Å². The zero-order valence-corrected chi connectivity index (χ0v) is 13.1. The van der Waals surface area contributed by atoms with Crippen LogP contribution < -0.4 is 5.32 Å². The zero-order chi connectivity index (χ0) is 13.5. The van der Waals surface area contributed by atoms with Crippen molar-refractivity contribution in [1.82, 2.24) is 5.32 Å². The summed E-state index contributed by atoms with van der Waals surface area (Å²) in [5.74, 6) is 0.796. The maximum Gasteiger partial charge on any atom is 0.00675 e. The fourth-order valence-electron chi connectivity index (χ4n) is 2.96. The van der Waals surface area contributed by atoms with Gasteiger partial charge in [0, 0.05) is 11.3 Å². The smallest absolute Gasteiger partial charge is 0.00675 e. The Hall–Kier alpha value is -0.470. The first kappa shape index (κ1) is 14.9. The average Bonchev–Trinajstić information content (AvgIpc) is 2.48. The predicted molar refractivity (Wildman–Crippen MR) is 87.0 cm³/mol. The molecule has 2 heteroatoms. The standard InChI is InChI=1S/C17H27NS/c1-14(19-2)12-13-18-17-10-8-16(9-11-17)15-6-4-3-5-7-15/h3-7,14,16-18H,8-13H2,1-2H3. The lowest BCUT2D eigenvalue weighted by Gasteiger charge is -2.29. The molecule has 0 saturated heterocycles. The van der Waals surface area contributed by atoms with Gasteiger partial charge in [-0.2, -0.15) is 11.8 Å². The van der Waals surface area contributed by atoms with Gasteiger partial charge in [0.25, 0.3) is 0 Å². The van der Waals surface area contributed by atoms with Crippen LogP contribution in [-0.2, 0) is 0 Å². The van der Waals surface area contributed by atoms with E-state index in [2.05, 4.69) is 48.8 Å². The highest BCUT2D eigenvalue weighted by Gasteiger charge is 2.21. The molecule has 0 heterocycles. The second kappa shape index (κ2) is 7.96. The van der Waals surface area contributed by atoms with Crippen LogP contribution >= 0.6 is 11.8 Å². The highest BCUT2D eigenvalue weighted by molar-refractivity contribution is 7.99. The van der Waals surface area contributed by atoms with Crippen molar-refractivity contribution < 1.29 is 0 Å². The van der Waals surface area contributed by atoms with Gasteiger partial charge in [0.2, 0.25) is 0 Å². The first-order chi connectivity index (χ1) is 9.29. The highest BCUT2D eigenvalue weighted by Crippen LogP contribution is 2.32. The maximum absolute atomic E-state index is 3.75. The summed E-state index contributed by atoms with van der Waals surface area (Å²) in [6.07, 6.45) is 8.87. The summed E-state index contributed by atoms with van der Waals surface area (Å²) in [5.41, 5.74) is 1.54. The van der Waals surface area contributed by atoms with Gasteiger partial charge in [-0.1, -0.05) is 37.3 Å². The molecule has 106 valence electrons. The largest absolute Gasteiger partial charge is 0.314 e. The van der Waals surface area contributed by atoms with Crippen LogP contribution in [0.3, 0.4) is 0 Å². The summed E-state index contributed by atoms with van der Waals surface area (Å²) in [5, 5.41) is 4.53. The van der Waals surface area contributed by atoms with Gasteiger partial charge >= 0.3 is 0 Å². The van der Waals surface area contributed by atoms with Crippen LogP contribution in [-0.4, -0.2) is 24.1 Å². The van der Waals surface area contributed by atoms with Crippen LogP contribution in [0.4, 0.5) is 0 Å². The van der Waals surface area contributed by atoms with E-state index in [1.54, 1.807) is 0 Å². The molecule has 1 N–H and O–H groups in total. The lowest BCUT2D eigenvalue weighted by atomic mass is 9.82. The van der Waals surface area contributed by atoms with Crippen molar-refractivity contribution in [2.24, 2.45) is 0 Å². The van der Waals surface area contributed by atoms with Gasteiger partial charge in [-0.05, 0) is 56.4 Å². The monoisotopic (exact) mass is 277 g/mol. The van der Waals surface area contributed by atoms with Crippen LogP contribution in [0.5, 0.6) is 0 Å². The van der Waals surface area contributed by atoms with Crippen molar-refractivity contribution in [3.63, 3.8) is 0 Å². The number of benzene rings is 1. The van der Waals surface area contributed by atoms with Gasteiger partial charge in [-0.25, -0.2) is 0 Å². The zero-order valence-electron chi connectivity index (χ0n) is 12.3. The second-order valence-corrected chi connectivity index (χ2v) is 7.02. The van der Waals surface area contributed by atoms with E-state index >= 15 is 0 Å². The van der Waals surface area contributed by atoms with Crippen molar-refractivity contribution in [2.45, 2.75) is 56.2 Å². The molecule has 0 bridgehead atoms. The third kappa shape index (κ3) is 4.85. The number of nitrogens with one attached hydrogen (secondary N) is 1. The van der Waals surface area contributed by atoms with Crippen molar-refractivity contribution in [1.29, 1.82) is 0 Å². The molecule has 1 unspecified atom stereocenters.